The van der Waals surface area contributed by atoms with Gasteiger partial charge in [0.05, 0.1) is 6.10 Å². The maximum Gasteiger partial charge on any atom is 0.330 e. The van der Waals surface area contributed by atoms with Crippen molar-refractivity contribution in [2.45, 2.75) is 36.4 Å². The molecule has 0 aromatic heterocycles. The van der Waals surface area contributed by atoms with Gasteiger partial charge in [-0.2, -0.15) is 0 Å². The summed E-state index contributed by atoms with van der Waals surface area (Å²) in [5, 5.41) is 79.2. The summed E-state index contributed by atoms with van der Waals surface area (Å²) in [6.45, 7) is -0.828. The third-order valence-electron chi connectivity index (χ3n) is 5.09. The number of hydrogen-bond donors (Lipinski definition) is 8. The van der Waals surface area contributed by atoms with Crippen LogP contribution in [0.25, 0.3) is 6.08 Å². The van der Waals surface area contributed by atoms with Crippen LogP contribution in [0.1, 0.15) is 11.1 Å². The van der Waals surface area contributed by atoms with Crippen molar-refractivity contribution in [3.8, 4) is 17.2 Å². The minimum absolute atomic E-state index is 0.0481. The fraction of sp³-hybridized carbons (Fsp3) is 0.304. The number of benzene rings is 2. The van der Waals surface area contributed by atoms with Crippen molar-refractivity contribution >= 4 is 18.3 Å². The van der Waals surface area contributed by atoms with Crippen LogP contribution in [0.4, 0.5) is 0 Å². The summed E-state index contributed by atoms with van der Waals surface area (Å²) >= 11 is 0. The van der Waals surface area contributed by atoms with Crippen LogP contribution in [0.15, 0.2) is 48.5 Å². The average molecular weight is 478 g/mol. The number of hydrogen-bond acceptors (Lipinski definition) is 11. The quantitative estimate of drug-likeness (QED) is 0.0849. The number of carbonyl (C=O) groups is 2. The summed E-state index contributed by atoms with van der Waals surface area (Å²) in [5.41, 5.74) is -2.12. The van der Waals surface area contributed by atoms with E-state index in [1.165, 1.54) is 48.5 Å². The molecule has 0 spiro atoms. The van der Waals surface area contributed by atoms with Gasteiger partial charge in [0, 0.05) is 12.5 Å². The molecule has 5 atom stereocenters. The van der Waals surface area contributed by atoms with Crippen LogP contribution in [0.2, 0.25) is 0 Å². The minimum atomic E-state index is -2.87. The maximum absolute atomic E-state index is 11.8. The smallest absolute Gasteiger partial charge is 0.330 e. The standard InChI is InChI=1S/C23H26O11/c24-12-23(33,19(29)10-14-1-5-15(25)6-2-14)22(32)21(31)18(28)11-34-20(30)8-4-13-3-7-16(26)17(27)9-13/h1-9,12,18-19,21-22,25-29,31-33H,10-11H2/t18-,19?,21-,22+,23-/m1/s1. The lowest BCUT2D eigenvalue weighted by Crippen LogP contribution is -2.61. The van der Waals surface area contributed by atoms with E-state index in [9.17, 15) is 50.4 Å². The van der Waals surface area contributed by atoms with Crippen molar-refractivity contribution in [2.24, 2.45) is 0 Å². The number of aliphatic hydroxyl groups is 5. The second kappa shape index (κ2) is 11.6. The van der Waals surface area contributed by atoms with Gasteiger partial charge < -0.3 is 45.6 Å². The zero-order valence-corrected chi connectivity index (χ0v) is 17.8. The Balaban J connectivity index is 1.96. The Morgan fingerprint density at radius 3 is 2.21 bits per heavy atom. The molecule has 0 saturated carbocycles. The molecule has 0 radical (unpaired) electrons. The van der Waals surface area contributed by atoms with Gasteiger partial charge in [0.25, 0.3) is 0 Å². The summed E-state index contributed by atoms with van der Waals surface area (Å²) in [5.74, 6) is -1.77. The molecule has 0 amide bonds. The first-order valence-corrected chi connectivity index (χ1v) is 10.0. The Morgan fingerprint density at radius 2 is 1.62 bits per heavy atom. The highest BCUT2D eigenvalue weighted by Crippen LogP contribution is 2.25. The number of phenols is 3. The van der Waals surface area contributed by atoms with Gasteiger partial charge in [-0.25, -0.2) is 4.79 Å². The van der Waals surface area contributed by atoms with Crippen LogP contribution in [0, 0.1) is 0 Å². The van der Waals surface area contributed by atoms with E-state index in [2.05, 4.69) is 0 Å². The molecule has 2 aromatic carbocycles. The van der Waals surface area contributed by atoms with Crippen molar-refractivity contribution < 1.29 is 55.2 Å². The molecular weight excluding hydrogens is 452 g/mol. The van der Waals surface area contributed by atoms with Gasteiger partial charge >= 0.3 is 5.97 Å². The van der Waals surface area contributed by atoms with Gasteiger partial charge in [-0.05, 0) is 41.5 Å². The molecule has 34 heavy (non-hydrogen) atoms. The van der Waals surface area contributed by atoms with Crippen molar-refractivity contribution in [1.82, 2.24) is 0 Å². The van der Waals surface area contributed by atoms with Crippen LogP contribution >= 0.6 is 0 Å². The number of esters is 1. The van der Waals surface area contributed by atoms with E-state index in [-0.39, 0.29) is 24.2 Å². The molecular formula is C23H26O11. The normalized spacial score (nSPS) is 16.9. The first kappa shape index (κ1) is 26.8. The Morgan fingerprint density at radius 1 is 0.971 bits per heavy atom. The van der Waals surface area contributed by atoms with Crippen molar-refractivity contribution in [3.63, 3.8) is 0 Å². The largest absolute Gasteiger partial charge is 0.508 e. The molecule has 0 aliphatic carbocycles. The SMILES string of the molecule is O=C[C@@](O)(C(O)Cc1ccc(O)cc1)[C@@H](O)[C@H](O)[C@H](O)COC(=O)C=Cc1ccc(O)c(O)c1. The molecule has 11 heteroatoms. The van der Waals surface area contributed by atoms with E-state index < -0.39 is 48.3 Å². The minimum Gasteiger partial charge on any atom is -0.508 e. The third kappa shape index (κ3) is 6.76. The molecule has 0 bridgehead atoms. The second-order valence-electron chi connectivity index (χ2n) is 7.61. The van der Waals surface area contributed by atoms with Gasteiger partial charge in [0.15, 0.2) is 23.4 Å². The Hall–Kier alpha value is -3.48. The lowest BCUT2D eigenvalue weighted by molar-refractivity contribution is -0.192. The van der Waals surface area contributed by atoms with Crippen molar-refractivity contribution in [2.75, 3.05) is 6.61 Å². The van der Waals surface area contributed by atoms with E-state index in [4.69, 9.17) is 4.74 Å². The number of carbonyl (C=O) groups excluding carboxylic acids is 2. The molecule has 2 aromatic rings. The summed E-state index contributed by atoms with van der Waals surface area (Å²) in [7, 11) is 0. The first-order valence-electron chi connectivity index (χ1n) is 10.0. The maximum atomic E-state index is 11.8. The van der Waals surface area contributed by atoms with Gasteiger partial charge in [0.1, 0.15) is 30.7 Å². The molecule has 0 saturated heterocycles. The fourth-order valence-corrected chi connectivity index (χ4v) is 2.97. The van der Waals surface area contributed by atoms with E-state index >= 15 is 0 Å². The Kier molecular flexibility index (Phi) is 9.12. The monoisotopic (exact) mass is 478 g/mol. The number of phenolic OH excluding ortho intramolecular Hbond substituents is 3. The molecule has 0 heterocycles. The van der Waals surface area contributed by atoms with Gasteiger partial charge in [-0.1, -0.05) is 18.2 Å². The van der Waals surface area contributed by atoms with Crippen LogP contribution in [0.3, 0.4) is 0 Å². The molecule has 11 nitrogen and oxygen atoms in total. The average Bonchev–Trinajstić information content (AvgIpc) is 2.82. The predicted molar refractivity (Wildman–Crippen MR) is 117 cm³/mol. The molecule has 2 rings (SSSR count). The predicted octanol–water partition coefficient (Wildman–Crippen LogP) is -1.02. The Labute approximate surface area is 194 Å². The summed E-state index contributed by atoms with van der Waals surface area (Å²) in [6, 6.07) is 9.22. The molecule has 1 unspecified atom stereocenters. The highest BCUT2D eigenvalue weighted by molar-refractivity contribution is 5.87. The summed E-state index contributed by atoms with van der Waals surface area (Å²) < 4.78 is 4.75. The molecule has 0 aliphatic heterocycles. The van der Waals surface area contributed by atoms with Crippen molar-refractivity contribution in [3.05, 3.63) is 59.7 Å². The molecule has 8 N–H and O–H groups in total. The topological polar surface area (TPSA) is 205 Å². The van der Waals surface area contributed by atoms with Crippen LogP contribution in [-0.4, -0.2) is 89.7 Å². The number of aldehydes is 1. The van der Waals surface area contributed by atoms with Gasteiger partial charge in [-0.3, -0.25) is 4.79 Å². The van der Waals surface area contributed by atoms with Gasteiger partial charge in [-0.15, -0.1) is 0 Å². The van der Waals surface area contributed by atoms with Crippen LogP contribution in [0.5, 0.6) is 17.2 Å². The van der Waals surface area contributed by atoms with E-state index in [1.54, 1.807) is 0 Å². The van der Waals surface area contributed by atoms with Crippen molar-refractivity contribution in [1.29, 1.82) is 0 Å². The molecule has 0 fully saturated rings. The first-order chi connectivity index (χ1) is 16.0. The van der Waals surface area contributed by atoms with E-state index in [0.717, 1.165) is 6.08 Å². The molecule has 0 aliphatic rings. The van der Waals surface area contributed by atoms with Gasteiger partial charge in [0.2, 0.25) is 0 Å². The number of rotatable bonds is 11. The summed E-state index contributed by atoms with van der Waals surface area (Å²) in [4.78, 5) is 23.3. The number of aromatic hydroxyl groups is 3. The fourth-order valence-electron chi connectivity index (χ4n) is 2.97. The zero-order chi connectivity index (χ0) is 25.5. The van der Waals surface area contributed by atoms with Crippen LogP contribution in [-0.2, 0) is 20.7 Å². The lowest BCUT2D eigenvalue weighted by atomic mass is 9.84. The van der Waals surface area contributed by atoms with E-state index in [0.29, 0.717) is 11.1 Å². The number of aliphatic hydroxyl groups excluding tert-OH is 4. The number of ether oxygens (including phenoxy) is 1. The third-order valence-corrected chi connectivity index (χ3v) is 5.09. The lowest BCUT2D eigenvalue weighted by Gasteiger charge is -2.36. The highest BCUT2D eigenvalue weighted by Gasteiger charge is 2.48. The zero-order valence-electron chi connectivity index (χ0n) is 17.8. The van der Waals surface area contributed by atoms with E-state index in [1.807, 2.05) is 0 Å². The summed E-state index contributed by atoms with van der Waals surface area (Å²) in [6.07, 6.45) is -6.68. The second-order valence-corrected chi connectivity index (χ2v) is 7.61. The van der Waals surface area contributed by atoms with Crippen LogP contribution < -0.4 is 0 Å². The highest BCUT2D eigenvalue weighted by atomic mass is 16.5. The Bertz CT molecular complexity index is 1000. The molecule has 184 valence electrons.